The van der Waals surface area contributed by atoms with Crippen molar-refractivity contribution in [1.29, 1.82) is 0 Å². The summed E-state index contributed by atoms with van der Waals surface area (Å²) < 4.78 is 22.3. The highest BCUT2D eigenvalue weighted by molar-refractivity contribution is 5.70. The highest BCUT2D eigenvalue weighted by atomic mass is 16.7. The largest absolute Gasteiger partial charge is 0.514 e. The predicted molar refractivity (Wildman–Crippen MR) is 107 cm³/mol. The van der Waals surface area contributed by atoms with Crippen LogP contribution in [0.4, 0.5) is 9.59 Å². The molecule has 7 heteroatoms. The molecule has 0 aromatic heterocycles. The highest BCUT2D eigenvalue weighted by Crippen LogP contribution is 2.46. The molecule has 1 aromatic rings. The number of likely N-dealkylation sites (tertiary alicyclic amines) is 1. The Morgan fingerprint density at radius 2 is 1.72 bits per heavy atom. The molecule has 2 aliphatic heterocycles. The SMILES string of the molecule is CC(C)(C)OC(=O)Oc1cccc2c1[C@@H]1CN(C(=O)OC(C)(C)C)C[C@H]1CCO2. The van der Waals surface area contributed by atoms with Crippen molar-refractivity contribution in [3.8, 4) is 11.5 Å². The van der Waals surface area contributed by atoms with Crippen LogP contribution in [0.15, 0.2) is 18.2 Å². The fraction of sp³-hybridized carbons (Fsp3) is 0.636. The van der Waals surface area contributed by atoms with Crippen molar-refractivity contribution in [2.75, 3.05) is 19.7 Å². The summed E-state index contributed by atoms with van der Waals surface area (Å²) in [5.41, 5.74) is -0.386. The maximum atomic E-state index is 12.6. The molecule has 29 heavy (non-hydrogen) atoms. The molecule has 3 rings (SSSR count). The Labute approximate surface area is 172 Å². The number of amides is 1. The third kappa shape index (κ3) is 5.34. The van der Waals surface area contributed by atoms with E-state index in [1.54, 1.807) is 37.8 Å². The summed E-state index contributed by atoms with van der Waals surface area (Å²) in [6, 6.07) is 5.40. The number of carbonyl (C=O) groups is 2. The average Bonchev–Trinajstić information content (AvgIpc) is 2.88. The van der Waals surface area contributed by atoms with Crippen molar-refractivity contribution in [2.45, 2.75) is 65.1 Å². The second-order valence-corrected chi connectivity index (χ2v) is 9.62. The van der Waals surface area contributed by atoms with Crippen LogP contribution in [-0.2, 0) is 9.47 Å². The molecule has 0 saturated carbocycles. The van der Waals surface area contributed by atoms with E-state index in [1.165, 1.54) is 0 Å². The van der Waals surface area contributed by atoms with Crippen LogP contribution in [0.5, 0.6) is 11.5 Å². The van der Waals surface area contributed by atoms with E-state index in [2.05, 4.69) is 0 Å². The number of benzene rings is 1. The molecule has 160 valence electrons. The van der Waals surface area contributed by atoms with Crippen molar-refractivity contribution in [1.82, 2.24) is 4.90 Å². The number of carbonyl (C=O) groups excluding carboxylic acids is 2. The van der Waals surface area contributed by atoms with Crippen molar-refractivity contribution >= 4 is 12.2 Å². The lowest BCUT2D eigenvalue weighted by molar-refractivity contribution is 0.0199. The summed E-state index contributed by atoms with van der Waals surface area (Å²) in [6.45, 7) is 12.6. The molecular formula is C22H31NO6. The van der Waals surface area contributed by atoms with E-state index in [1.807, 2.05) is 26.8 Å². The molecule has 0 bridgehead atoms. The zero-order chi connectivity index (χ0) is 21.4. The first-order valence-corrected chi connectivity index (χ1v) is 10.1. The van der Waals surface area contributed by atoms with Crippen LogP contribution in [0, 0.1) is 5.92 Å². The van der Waals surface area contributed by atoms with Gasteiger partial charge in [-0.2, -0.15) is 0 Å². The molecule has 0 radical (unpaired) electrons. The zero-order valence-corrected chi connectivity index (χ0v) is 18.1. The van der Waals surface area contributed by atoms with Crippen molar-refractivity contribution in [3.63, 3.8) is 0 Å². The molecule has 0 aliphatic carbocycles. The summed E-state index contributed by atoms with van der Waals surface area (Å²) in [7, 11) is 0. The number of fused-ring (bicyclic) bond motifs is 3. The van der Waals surface area contributed by atoms with Gasteiger partial charge in [0.1, 0.15) is 22.7 Å². The number of ether oxygens (including phenoxy) is 4. The van der Waals surface area contributed by atoms with Gasteiger partial charge in [-0.05, 0) is 66.0 Å². The standard InChI is InChI=1S/C22H31NO6/c1-21(2,3)28-19(24)23-12-14-10-11-26-16-8-7-9-17(18(16)15(14)13-23)27-20(25)29-22(4,5)6/h7-9,14-15H,10-13H2,1-6H3/t14-,15-/m1/s1. The van der Waals surface area contributed by atoms with Crippen molar-refractivity contribution < 1.29 is 28.5 Å². The van der Waals surface area contributed by atoms with E-state index >= 15 is 0 Å². The van der Waals surface area contributed by atoms with Gasteiger partial charge in [0, 0.05) is 24.6 Å². The van der Waals surface area contributed by atoms with Crippen molar-refractivity contribution in [2.24, 2.45) is 5.92 Å². The minimum atomic E-state index is -0.756. The number of hydrogen-bond donors (Lipinski definition) is 0. The van der Waals surface area contributed by atoms with Crippen LogP contribution in [-0.4, -0.2) is 48.0 Å². The first-order valence-electron chi connectivity index (χ1n) is 10.1. The van der Waals surface area contributed by atoms with Crippen LogP contribution in [0.1, 0.15) is 59.4 Å². The van der Waals surface area contributed by atoms with Crippen LogP contribution >= 0.6 is 0 Å². The Morgan fingerprint density at radius 1 is 1.03 bits per heavy atom. The van der Waals surface area contributed by atoms with Gasteiger partial charge >= 0.3 is 12.2 Å². The zero-order valence-electron chi connectivity index (χ0n) is 18.1. The van der Waals surface area contributed by atoms with Gasteiger partial charge in [-0.1, -0.05) is 6.07 Å². The third-order valence-corrected chi connectivity index (χ3v) is 4.82. The number of hydrogen-bond acceptors (Lipinski definition) is 6. The molecule has 2 atom stereocenters. The van der Waals surface area contributed by atoms with E-state index in [0.29, 0.717) is 31.2 Å². The first-order chi connectivity index (χ1) is 13.4. The molecule has 2 heterocycles. The van der Waals surface area contributed by atoms with E-state index in [0.717, 1.165) is 12.0 Å². The van der Waals surface area contributed by atoms with Gasteiger partial charge in [-0.3, -0.25) is 0 Å². The molecule has 0 N–H and O–H groups in total. The molecule has 1 amide bonds. The molecule has 0 spiro atoms. The van der Waals surface area contributed by atoms with Crippen LogP contribution in [0.2, 0.25) is 0 Å². The normalized spacial score (nSPS) is 21.4. The lowest BCUT2D eigenvalue weighted by atomic mass is 9.87. The van der Waals surface area contributed by atoms with Gasteiger partial charge in [-0.15, -0.1) is 0 Å². The molecule has 1 fully saturated rings. The van der Waals surface area contributed by atoms with E-state index in [4.69, 9.17) is 18.9 Å². The molecule has 1 aromatic carbocycles. The van der Waals surface area contributed by atoms with Gasteiger partial charge in [0.25, 0.3) is 0 Å². The topological polar surface area (TPSA) is 74.3 Å². The molecule has 1 saturated heterocycles. The second kappa shape index (κ2) is 7.76. The van der Waals surface area contributed by atoms with Crippen molar-refractivity contribution in [3.05, 3.63) is 23.8 Å². The summed E-state index contributed by atoms with van der Waals surface area (Å²) in [6.07, 6.45) is -0.267. The molecule has 7 nitrogen and oxygen atoms in total. The fourth-order valence-corrected chi connectivity index (χ4v) is 3.75. The van der Waals surface area contributed by atoms with Gasteiger partial charge in [0.05, 0.1) is 6.61 Å². The number of nitrogens with zero attached hydrogens (tertiary/aromatic N) is 1. The molecular weight excluding hydrogens is 374 g/mol. The van der Waals surface area contributed by atoms with Crippen LogP contribution in [0.3, 0.4) is 0 Å². The Hall–Kier alpha value is -2.44. The third-order valence-electron chi connectivity index (χ3n) is 4.82. The Morgan fingerprint density at radius 3 is 2.38 bits per heavy atom. The monoisotopic (exact) mass is 405 g/mol. The minimum absolute atomic E-state index is 0.00125. The Balaban J connectivity index is 1.85. The van der Waals surface area contributed by atoms with E-state index in [9.17, 15) is 9.59 Å². The molecule has 0 unspecified atom stereocenters. The lowest BCUT2D eigenvalue weighted by Gasteiger charge is -2.25. The first kappa shape index (κ1) is 21.3. The number of rotatable bonds is 1. The highest BCUT2D eigenvalue weighted by Gasteiger charge is 2.42. The maximum Gasteiger partial charge on any atom is 0.514 e. The fourth-order valence-electron chi connectivity index (χ4n) is 3.75. The van der Waals surface area contributed by atoms with Crippen LogP contribution < -0.4 is 9.47 Å². The lowest BCUT2D eigenvalue weighted by Crippen LogP contribution is -2.35. The quantitative estimate of drug-likeness (QED) is 0.497. The van der Waals surface area contributed by atoms with E-state index in [-0.39, 0.29) is 17.9 Å². The van der Waals surface area contributed by atoms with E-state index < -0.39 is 17.4 Å². The maximum absolute atomic E-state index is 12.6. The minimum Gasteiger partial charge on any atom is -0.493 e. The Bertz CT molecular complexity index is 776. The second-order valence-electron chi connectivity index (χ2n) is 9.62. The summed E-state index contributed by atoms with van der Waals surface area (Å²) >= 11 is 0. The van der Waals surface area contributed by atoms with Gasteiger partial charge in [0.15, 0.2) is 0 Å². The summed E-state index contributed by atoms with van der Waals surface area (Å²) in [5.74, 6) is 1.30. The van der Waals surface area contributed by atoms with Crippen LogP contribution in [0.25, 0.3) is 0 Å². The van der Waals surface area contributed by atoms with Gasteiger partial charge in [-0.25, -0.2) is 9.59 Å². The van der Waals surface area contributed by atoms with Gasteiger partial charge < -0.3 is 23.8 Å². The summed E-state index contributed by atoms with van der Waals surface area (Å²) in [5, 5.41) is 0. The summed E-state index contributed by atoms with van der Waals surface area (Å²) in [4.78, 5) is 26.6. The Kier molecular flexibility index (Phi) is 5.70. The van der Waals surface area contributed by atoms with Gasteiger partial charge in [0.2, 0.25) is 0 Å². The smallest absolute Gasteiger partial charge is 0.493 e. The molecule has 2 aliphatic rings. The predicted octanol–water partition coefficient (Wildman–Crippen LogP) is 4.73. The average molecular weight is 405 g/mol.